The molecular weight excluding hydrogens is 272 g/mol. The van der Waals surface area contributed by atoms with E-state index in [2.05, 4.69) is 13.8 Å². The second-order valence-corrected chi connectivity index (χ2v) is 8.76. The Kier molecular flexibility index (Phi) is 6.42. The zero-order valence-corrected chi connectivity index (χ0v) is 13.0. The fraction of sp³-hybridized carbons (Fsp3) is 1.00. The maximum atomic E-state index is 11.3. The predicted octanol–water partition coefficient (Wildman–Crippen LogP) is 3.57. The van der Waals surface area contributed by atoms with Gasteiger partial charge in [-0.15, -0.1) is 0 Å². The Morgan fingerprint density at radius 1 is 1.28 bits per heavy atom. The molecule has 1 saturated carbocycles. The Bertz CT molecular complexity index is 332. The summed E-state index contributed by atoms with van der Waals surface area (Å²) < 4.78 is 28.3. The van der Waals surface area contributed by atoms with Gasteiger partial charge in [0.15, 0.2) is 0 Å². The number of halogens is 1. The first-order valence-corrected chi connectivity index (χ1v) is 9.31. The molecule has 108 valence electrons. The van der Waals surface area contributed by atoms with E-state index in [1.165, 1.54) is 0 Å². The molecule has 5 heteroatoms. The van der Waals surface area contributed by atoms with Gasteiger partial charge in [0.25, 0.3) is 0 Å². The monoisotopic (exact) mass is 296 g/mol. The van der Waals surface area contributed by atoms with Crippen molar-refractivity contribution in [3.05, 3.63) is 0 Å². The first kappa shape index (κ1) is 16.3. The highest BCUT2D eigenvalue weighted by Crippen LogP contribution is 2.40. The fourth-order valence-electron chi connectivity index (χ4n) is 2.70. The quantitative estimate of drug-likeness (QED) is 0.508. The third kappa shape index (κ3) is 6.39. The molecule has 0 heterocycles. The van der Waals surface area contributed by atoms with Crippen LogP contribution in [0.1, 0.15) is 52.4 Å². The van der Waals surface area contributed by atoms with E-state index >= 15 is 0 Å². The largest absolute Gasteiger partial charge is 0.381 e. The molecule has 0 aromatic heterocycles. The van der Waals surface area contributed by atoms with E-state index in [1.807, 2.05) is 0 Å². The summed E-state index contributed by atoms with van der Waals surface area (Å²) in [6.07, 6.45) is 6.21. The van der Waals surface area contributed by atoms with Crippen LogP contribution >= 0.6 is 10.7 Å². The van der Waals surface area contributed by atoms with Gasteiger partial charge < -0.3 is 4.74 Å². The molecule has 0 amide bonds. The first-order chi connectivity index (χ1) is 8.33. The summed E-state index contributed by atoms with van der Waals surface area (Å²) in [6, 6.07) is 0. The van der Waals surface area contributed by atoms with Crippen molar-refractivity contribution in [3.63, 3.8) is 0 Å². The SMILES string of the molecule is CC(C)CCCOCC1(CS(=O)(=O)Cl)CCCC1. The second-order valence-electron chi connectivity index (χ2n) is 5.98. The summed E-state index contributed by atoms with van der Waals surface area (Å²) in [6.45, 7) is 5.65. The van der Waals surface area contributed by atoms with Gasteiger partial charge in [0.05, 0.1) is 12.4 Å². The first-order valence-electron chi connectivity index (χ1n) is 6.83. The second kappa shape index (κ2) is 7.11. The summed E-state index contributed by atoms with van der Waals surface area (Å²) in [5.41, 5.74) is -0.224. The molecule has 0 radical (unpaired) electrons. The van der Waals surface area contributed by atoms with E-state index in [1.54, 1.807) is 0 Å². The van der Waals surface area contributed by atoms with Gasteiger partial charge in [-0.3, -0.25) is 0 Å². The molecule has 0 aromatic carbocycles. The molecule has 1 rings (SSSR count). The molecular formula is C13H25ClO3S. The van der Waals surface area contributed by atoms with Crippen LogP contribution in [0, 0.1) is 11.3 Å². The average molecular weight is 297 g/mol. The third-order valence-corrected chi connectivity index (χ3v) is 4.91. The lowest BCUT2D eigenvalue weighted by Gasteiger charge is -2.27. The van der Waals surface area contributed by atoms with Gasteiger partial charge in [-0.25, -0.2) is 8.42 Å². The number of ether oxygens (including phenoxy) is 1. The van der Waals surface area contributed by atoms with E-state index in [4.69, 9.17) is 15.4 Å². The third-order valence-electron chi connectivity index (χ3n) is 3.62. The van der Waals surface area contributed by atoms with Crippen LogP contribution in [-0.2, 0) is 13.8 Å². The normalized spacial score (nSPS) is 19.6. The number of hydrogen-bond acceptors (Lipinski definition) is 3. The van der Waals surface area contributed by atoms with Crippen LogP contribution in [0.25, 0.3) is 0 Å². The van der Waals surface area contributed by atoms with Crippen LogP contribution in [0.4, 0.5) is 0 Å². The molecule has 0 bridgehead atoms. The number of rotatable bonds is 8. The van der Waals surface area contributed by atoms with Crippen molar-refractivity contribution < 1.29 is 13.2 Å². The Labute approximate surface area is 116 Å². The highest BCUT2D eigenvalue weighted by molar-refractivity contribution is 8.13. The summed E-state index contributed by atoms with van der Waals surface area (Å²) in [4.78, 5) is 0. The molecule has 0 aromatic rings. The molecule has 0 aliphatic heterocycles. The lowest BCUT2D eigenvalue weighted by atomic mass is 9.90. The minimum absolute atomic E-state index is 0.0612. The summed E-state index contributed by atoms with van der Waals surface area (Å²) >= 11 is 0. The van der Waals surface area contributed by atoms with Gasteiger partial charge in [0, 0.05) is 22.7 Å². The van der Waals surface area contributed by atoms with E-state index < -0.39 is 9.05 Å². The van der Waals surface area contributed by atoms with E-state index in [0.29, 0.717) is 12.5 Å². The zero-order valence-electron chi connectivity index (χ0n) is 11.5. The Balaban J connectivity index is 2.35. The van der Waals surface area contributed by atoms with Gasteiger partial charge in [0.1, 0.15) is 0 Å². The summed E-state index contributed by atoms with van der Waals surface area (Å²) in [5, 5.41) is 0. The molecule has 1 aliphatic carbocycles. The highest BCUT2D eigenvalue weighted by Gasteiger charge is 2.38. The molecule has 3 nitrogen and oxygen atoms in total. The van der Waals surface area contributed by atoms with Crippen molar-refractivity contribution in [1.82, 2.24) is 0 Å². The van der Waals surface area contributed by atoms with Crippen LogP contribution in [-0.4, -0.2) is 27.4 Å². The standard InChI is InChI=1S/C13H25ClO3S/c1-12(2)6-5-9-17-10-13(7-3-4-8-13)11-18(14,15)16/h12H,3-11H2,1-2H3. The van der Waals surface area contributed by atoms with Crippen LogP contribution in [0.2, 0.25) is 0 Å². The zero-order chi connectivity index (χ0) is 13.6. The summed E-state index contributed by atoms with van der Waals surface area (Å²) in [7, 11) is 1.97. The van der Waals surface area contributed by atoms with Gasteiger partial charge in [0.2, 0.25) is 9.05 Å². The molecule has 0 N–H and O–H groups in total. The topological polar surface area (TPSA) is 43.4 Å². The molecule has 1 aliphatic rings. The van der Waals surface area contributed by atoms with Crippen molar-refractivity contribution in [2.45, 2.75) is 52.4 Å². The van der Waals surface area contributed by atoms with Crippen molar-refractivity contribution in [3.8, 4) is 0 Å². The van der Waals surface area contributed by atoms with E-state index in [0.717, 1.165) is 45.1 Å². The van der Waals surface area contributed by atoms with Crippen LogP contribution in [0.3, 0.4) is 0 Å². The van der Waals surface area contributed by atoms with E-state index in [9.17, 15) is 8.42 Å². The molecule has 1 fully saturated rings. The van der Waals surface area contributed by atoms with Crippen LogP contribution < -0.4 is 0 Å². The minimum atomic E-state index is -3.43. The molecule has 0 saturated heterocycles. The molecule has 0 atom stereocenters. The van der Waals surface area contributed by atoms with Crippen LogP contribution in [0.15, 0.2) is 0 Å². The minimum Gasteiger partial charge on any atom is -0.381 e. The van der Waals surface area contributed by atoms with E-state index in [-0.39, 0.29) is 11.2 Å². The lowest BCUT2D eigenvalue weighted by molar-refractivity contribution is 0.0548. The molecule has 18 heavy (non-hydrogen) atoms. The highest BCUT2D eigenvalue weighted by atomic mass is 35.7. The Morgan fingerprint density at radius 3 is 2.39 bits per heavy atom. The maximum Gasteiger partial charge on any atom is 0.233 e. The Hall–Kier alpha value is 0.200. The Morgan fingerprint density at radius 2 is 1.89 bits per heavy atom. The van der Waals surface area contributed by atoms with Crippen molar-refractivity contribution in [1.29, 1.82) is 0 Å². The van der Waals surface area contributed by atoms with Crippen molar-refractivity contribution in [2.24, 2.45) is 11.3 Å². The van der Waals surface area contributed by atoms with Crippen LogP contribution in [0.5, 0.6) is 0 Å². The van der Waals surface area contributed by atoms with Crippen molar-refractivity contribution in [2.75, 3.05) is 19.0 Å². The smallest absolute Gasteiger partial charge is 0.233 e. The fourth-order valence-corrected chi connectivity index (χ4v) is 4.50. The van der Waals surface area contributed by atoms with Gasteiger partial charge in [-0.05, 0) is 31.6 Å². The predicted molar refractivity (Wildman–Crippen MR) is 75.4 cm³/mol. The maximum absolute atomic E-state index is 11.3. The molecule has 0 unspecified atom stereocenters. The van der Waals surface area contributed by atoms with Crippen molar-refractivity contribution >= 4 is 19.7 Å². The lowest BCUT2D eigenvalue weighted by Crippen LogP contribution is -2.30. The average Bonchev–Trinajstić information content (AvgIpc) is 2.63. The molecule has 0 spiro atoms. The van der Waals surface area contributed by atoms with Gasteiger partial charge >= 0.3 is 0 Å². The van der Waals surface area contributed by atoms with Gasteiger partial charge in [-0.2, -0.15) is 0 Å². The number of hydrogen-bond donors (Lipinski definition) is 0. The van der Waals surface area contributed by atoms with Gasteiger partial charge in [-0.1, -0.05) is 26.7 Å². The summed E-state index contributed by atoms with van der Waals surface area (Å²) in [5.74, 6) is 0.753.